The van der Waals surface area contributed by atoms with Gasteiger partial charge in [0, 0.05) is 13.0 Å². The zero-order valence-electron chi connectivity index (χ0n) is 13.7. The summed E-state index contributed by atoms with van der Waals surface area (Å²) in [5.74, 6) is -0.638. The van der Waals surface area contributed by atoms with Gasteiger partial charge in [-0.2, -0.15) is 0 Å². The Hall–Kier alpha value is -1.34. The summed E-state index contributed by atoms with van der Waals surface area (Å²) in [4.78, 5) is 23.8. The molecule has 0 aromatic heterocycles. The maximum atomic E-state index is 12.1. The second-order valence-corrected chi connectivity index (χ2v) is 6.86. The lowest BCUT2D eigenvalue weighted by molar-refractivity contribution is -0.158. The Kier molecular flexibility index (Phi) is 7.12. The zero-order chi connectivity index (χ0) is 16.8. The number of rotatable bonds is 5. The Balaban J connectivity index is 4.82. The lowest BCUT2D eigenvalue weighted by atomic mass is 10.1. The first-order chi connectivity index (χ1) is 9.34. The van der Waals surface area contributed by atoms with Gasteiger partial charge in [-0.3, -0.25) is 0 Å². The van der Waals surface area contributed by atoms with E-state index in [1.807, 2.05) is 0 Å². The highest BCUT2D eigenvalue weighted by molar-refractivity contribution is 5.81. The normalized spacial score (nSPS) is 15.0. The molecule has 0 heterocycles. The van der Waals surface area contributed by atoms with Crippen LogP contribution in [0.5, 0.6) is 0 Å². The summed E-state index contributed by atoms with van der Waals surface area (Å²) >= 11 is 0. The van der Waals surface area contributed by atoms with Crippen LogP contribution in [0.4, 0.5) is 4.79 Å². The minimum absolute atomic E-state index is 0.0186. The second kappa shape index (κ2) is 7.61. The van der Waals surface area contributed by atoms with Gasteiger partial charge in [-0.05, 0) is 41.5 Å². The summed E-state index contributed by atoms with van der Waals surface area (Å²) in [7, 11) is 0. The molecule has 0 rings (SSSR count). The van der Waals surface area contributed by atoms with Gasteiger partial charge in [0.1, 0.15) is 17.2 Å². The van der Waals surface area contributed by atoms with Crippen molar-refractivity contribution in [2.75, 3.05) is 6.54 Å². The number of amides is 1. The molecular weight excluding hydrogens is 276 g/mol. The first-order valence-electron chi connectivity index (χ1n) is 6.94. The van der Waals surface area contributed by atoms with Gasteiger partial charge in [0.25, 0.3) is 0 Å². The van der Waals surface area contributed by atoms with Gasteiger partial charge in [-0.25, -0.2) is 9.59 Å². The molecule has 0 aliphatic carbocycles. The molecule has 0 radical (unpaired) electrons. The number of nitrogens with two attached hydrogens (primary N) is 1. The van der Waals surface area contributed by atoms with Crippen LogP contribution in [0.2, 0.25) is 0 Å². The number of nitrogens with one attached hydrogen (secondary N) is 1. The molecule has 0 aliphatic heterocycles. The van der Waals surface area contributed by atoms with E-state index < -0.39 is 35.4 Å². The van der Waals surface area contributed by atoms with Crippen LogP contribution in [0.25, 0.3) is 0 Å². The van der Waals surface area contributed by atoms with Gasteiger partial charge < -0.3 is 25.6 Å². The summed E-state index contributed by atoms with van der Waals surface area (Å²) < 4.78 is 10.3. The zero-order valence-corrected chi connectivity index (χ0v) is 13.7. The third-order valence-corrected chi connectivity index (χ3v) is 2.16. The highest BCUT2D eigenvalue weighted by atomic mass is 16.6. The molecule has 0 spiro atoms. The Labute approximate surface area is 126 Å². The fourth-order valence-corrected chi connectivity index (χ4v) is 1.41. The number of ether oxygens (including phenoxy) is 2. The molecular formula is C14H28N2O5. The Bertz CT molecular complexity index is 357. The molecule has 1 amide bonds. The number of hydrogen-bond acceptors (Lipinski definition) is 6. The highest BCUT2D eigenvalue weighted by Gasteiger charge is 2.30. The lowest BCUT2D eigenvalue weighted by Gasteiger charge is -2.27. The summed E-state index contributed by atoms with van der Waals surface area (Å²) in [6, 6.07) is -1.02. The molecule has 0 bridgehead atoms. The number of hydrogen-bond donors (Lipinski definition) is 3. The van der Waals surface area contributed by atoms with Gasteiger partial charge in [-0.15, -0.1) is 0 Å². The van der Waals surface area contributed by atoms with Crippen molar-refractivity contribution in [3.63, 3.8) is 0 Å². The Morgan fingerprint density at radius 3 is 1.95 bits per heavy atom. The van der Waals surface area contributed by atoms with Crippen LogP contribution in [0.15, 0.2) is 0 Å². The van der Waals surface area contributed by atoms with Gasteiger partial charge in [0.2, 0.25) is 0 Å². The van der Waals surface area contributed by atoms with Crippen LogP contribution in [0.1, 0.15) is 48.0 Å². The van der Waals surface area contributed by atoms with Gasteiger partial charge in [0.05, 0.1) is 6.10 Å². The molecule has 0 aliphatic rings. The largest absolute Gasteiger partial charge is 0.458 e. The van der Waals surface area contributed by atoms with E-state index in [-0.39, 0.29) is 13.0 Å². The number of aliphatic hydroxyl groups is 1. The quantitative estimate of drug-likeness (QED) is 0.652. The first-order valence-corrected chi connectivity index (χ1v) is 6.94. The molecule has 2 atom stereocenters. The smallest absolute Gasteiger partial charge is 0.408 e. The third-order valence-electron chi connectivity index (χ3n) is 2.16. The topological polar surface area (TPSA) is 111 Å². The van der Waals surface area contributed by atoms with Crippen molar-refractivity contribution < 1.29 is 24.2 Å². The minimum atomic E-state index is -1.02. The molecule has 0 saturated heterocycles. The summed E-state index contributed by atoms with van der Waals surface area (Å²) in [6.07, 6.45) is -1.70. The highest BCUT2D eigenvalue weighted by Crippen LogP contribution is 2.12. The molecule has 0 fully saturated rings. The number of alkyl carbamates (subject to hydrolysis) is 1. The van der Waals surface area contributed by atoms with E-state index in [0.717, 1.165) is 0 Å². The van der Waals surface area contributed by atoms with E-state index in [4.69, 9.17) is 15.2 Å². The van der Waals surface area contributed by atoms with E-state index in [1.54, 1.807) is 41.5 Å². The van der Waals surface area contributed by atoms with E-state index in [1.165, 1.54) is 0 Å². The molecule has 4 N–H and O–H groups in total. The van der Waals surface area contributed by atoms with Crippen molar-refractivity contribution in [1.82, 2.24) is 5.32 Å². The summed E-state index contributed by atoms with van der Waals surface area (Å²) in [6.45, 7) is 10.3. The predicted molar refractivity (Wildman–Crippen MR) is 78.7 cm³/mol. The van der Waals surface area contributed by atoms with Gasteiger partial charge in [0.15, 0.2) is 0 Å². The van der Waals surface area contributed by atoms with Crippen LogP contribution in [0, 0.1) is 0 Å². The minimum Gasteiger partial charge on any atom is -0.458 e. The summed E-state index contributed by atoms with van der Waals surface area (Å²) in [5, 5.41) is 12.0. The van der Waals surface area contributed by atoms with E-state index in [9.17, 15) is 14.7 Å². The van der Waals surface area contributed by atoms with Crippen molar-refractivity contribution in [1.29, 1.82) is 0 Å². The average molecular weight is 304 g/mol. The molecule has 0 saturated carbocycles. The van der Waals surface area contributed by atoms with E-state index >= 15 is 0 Å². The number of aliphatic hydroxyl groups excluding tert-OH is 1. The second-order valence-electron chi connectivity index (χ2n) is 6.86. The van der Waals surface area contributed by atoms with Crippen molar-refractivity contribution in [3.05, 3.63) is 0 Å². The SMILES string of the molecule is CC(C)(C)OC(=O)N[C@@H](CC(O)CN)C(=O)OC(C)(C)C. The van der Waals surface area contributed by atoms with E-state index in [2.05, 4.69) is 5.32 Å². The fraction of sp³-hybridized carbons (Fsp3) is 0.857. The van der Waals surface area contributed by atoms with Crippen molar-refractivity contribution in [3.8, 4) is 0 Å². The Morgan fingerprint density at radius 1 is 1.10 bits per heavy atom. The Morgan fingerprint density at radius 2 is 1.57 bits per heavy atom. The lowest BCUT2D eigenvalue weighted by Crippen LogP contribution is -2.48. The fourth-order valence-electron chi connectivity index (χ4n) is 1.41. The third kappa shape index (κ3) is 10.1. The molecule has 0 aromatic rings. The first kappa shape index (κ1) is 19.7. The number of esters is 1. The van der Waals surface area contributed by atoms with Crippen LogP contribution in [0.3, 0.4) is 0 Å². The maximum absolute atomic E-state index is 12.1. The molecule has 7 nitrogen and oxygen atoms in total. The molecule has 7 heteroatoms. The molecule has 21 heavy (non-hydrogen) atoms. The van der Waals surface area contributed by atoms with Crippen LogP contribution < -0.4 is 11.1 Å². The summed E-state index contributed by atoms with van der Waals surface area (Å²) in [5.41, 5.74) is 3.95. The van der Waals surface area contributed by atoms with Crippen molar-refractivity contribution in [2.45, 2.75) is 71.3 Å². The van der Waals surface area contributed by atoms with Crippen molar-refractivity contribution >= 4 is 12.1 Å². The monoisotopic (exact) mass is 304 g/mol. The average Bonchev–Trinajstić information content (AvgIpc) is 2.22. The van der Waals surface area contributed by atoms with Crippen LogP contribution >= 0.6 is 0 Å². The van der Waals surface area contributed by atoms with E-state index in [0.29, 0.717) is 0 Å². The molecule has 124 valence electrons. The maximum Gasteiger partial charge on any atom is 0.408 e. The molecule has 1 unspecified atom stereocenters. The van der Waals surface area contributed by atoms with Crippen LogP contribution in [-0.2, 0) is 14.3 Å². The number of carbonyl (C=O) groups is 2. The van der Waals surface area contributed by atoms with Gasteiger partial charge >= 0.3 is 12.1 Å². The number of carbonyl (C=O) groups excluding carboxylic acids is 2. The van der Waals surface area contributed by atoms with Crippen molar-refractivity contribution in [2.24, 2.45) is 5.73 Å². The van der Waals surface area contributed by atoms with Gasteiger partial charge in [-0.1, -0.05) is 0 Å². The predicted octanol–water partition coefficient (Wildman–Crippen LogP) is 0.931. The standard InChI is InChI=1S/C14H28N2O5/c1-13(2,3)20-11(18)10(7-9(17)8-15)16-12(19)21-14(4,5)6/h9-10,17H,7-8,15H2,1-6H3,(H,16,19)/t9?,10-/m0/s1. The van der Waals surface area contributed by atoms with Crippen LogP contribution in [-0.4, -0.2) is 47.1 Å². The molecule has 0 aromatic carbocycles.